The van der Waals surface area contributed by atoms with Crippen molar-refractivity contribution in [3.05, 3.63) is 5.89 Å². The number of nitrogens with zero attached hydrogens (tertiary/aromatic N) is 4. The number of piperazine rings is 1. The Bertz CT molecular complexity index is 468. The molecule has 1 fully saturated rings. The molecule has 1 amide bonds. The molecular formula is C14H24N4O2. The van der Waals surface area contributed by atoms with Crippen LogP contribution >= 0.6 is 0 Å². The maximum Gasteiger partial charge on any atom is 0.318 e. The SMILES string of the molecule is CC(C)c1nnc(N2CCN(C(=O)C(C)(C)C)CC2)o1. The van der Waals surface area contributed by atoms with Crippen LogP contribution in [-0.2, 0) is 4.79 Å². The molecule has 0 spiro atoms. The molecule has 0 atom stereocenters. The molecule has 0 unspecified atom stereocenters. The number of carbonyl (C=O) groups is 1. The number of hydrogen-bond donors (Lipinski definition) is 0. The lowest BCUT2D eigenvalue weighted by Gasteiger charge is -2.36. The minimum absolute atomic E-state index is 0.200. The van der Waals surface area contributed by atoms with E-state index in [9.17, 15) is 4.79 Å². The summed E-state index contributed by atoms with van der Waals surface area (Å²) in [6.07, 6.45) is 0. The Hall–Kier alpha value is -1.59. The Kier molecular flexibility index (Phi) is 4.01. The van der Waals surface area contributed by atoms with Crippen molar-refractivity contribution >= 4 is 11.9 Å². The summed E-state index contributed by atoms with van der Waals surface area (Å²) in [7, 11) is 0. The first-order valence-electron chi connectivity index (χ1n) is 7.17. The Labute approximate surface area is 120 Å². The minimum atomic E-state index is -0.322. The number of amides is 1. The molecule has 6 heteroatoms. The van der Waals surface area contributed by atoms with E-state index in [0.717, 1.165) is 13.1 Å². The summed E-state index contributed by atoms with van der Waals surface area (Å²) < 4.78 is 5.65. The van der Waals surface area contributed by atoms with Gasteiger partial charge in [0.2, 0.25) is 11.8 Å². The topological polar surface area (TPSA) is 62.5 Å². The molecular weight excluding hydrogens is 256 g/mol. The van der Waals surface area contributed by atoms with E-state index in [1.165, 1.54) is 0 Å². The molecule has 2 rings (SSSR count). The highest BCUT2D eigenvalue weighted by Gasteiger charge is 2.30. The molecule has 0 bridgehead atoms. The summed E-state index contributed by atoms with van der Waals surface area (Å²) >= 11 is 0. The van der Waals surface area contributed by atoms with Crippen LogP contribution in [0, 0.1) is 5.41 Å². The van der Waals surface area contributed by atoms with Gasteiger partial charge in [-0.2, -0.15) is 0 Å². The van der Waals surface area contributed by atoms with E-state index in [1.807, 2.05) is 44.4 Å². The Morgan fingerprint density at radius 2 is 1.75 bits per heavy atom. The minimum Gasteiger partial charge on any atom is -0.408 e. The number of rotatable bonds is 2. The third-order valence-electron chi connectivity index (χ3n) is 3.40. The van der Waals surface area contributed by atoms with Gasteiger partial charge in [0.25, 0.3) is 0 Å². The van der Waals surface area contributed by atoms with Gasteiger partial charge in [-0.1, -0.05) is 39.7 Å². The van der Waals surface area contributed by atoms with Gasteiger partial charge in [0.05, 0.1) is 0 Å². The fraction of sp³-hybridized carbons (Fsp3) is 0.786. The fourth-order valence-corrected chi connectivity index (χ4v) is 2.16. The zero-order valence-corrected chi connectivity index (χ0v) is 13.0. The second-order valence-electron chi connectivity index (χ2n) is 6.61. The van der Waals surface area contributed by atoms with Gasteiger partial charge in [0.15, 0.2) is 0 Å². The zero-order chi connectivity index (χ0) is 14.9. The third-order valence-corrected chi connectivity index (χ3v) is 3.40. The lowest BCUT2D eigenvalue weighted by molar-refractivity contribution is -0.139. The standard InChI is InChI=1S/C14H24N4O2/c1-10(2)11-15-16-13(20-11)18-8-6-17(7-9-18)12(19)14(3,4)5/h10H,6-9H2,1-5H3. The molecule has 0 N–H and O–H groups in total. The first-order valence-corrected chi connectivity index (χ1v) is 7.17. The van der Waals surface area contributed by atoms with Crippen LogP contribution in [0.4, 0.5) is 6.01 Å². The van der Waals surface area contributed by atoms with E-state index >= 15 is 0 Å². The van der Waals surface area contributed by atoms with Crippen LogP contribution in [0.2, 0.25) is 0 Å². The van der Waals surface area contributed by atoms with Gasteiger partial charge in [-0.25, -0.2) is 0 Å². The molecule has 6 nitrogen and oxygen atoms in total. The van der Waals surface area contributed by atoms with Crippen LogP contribution in [0.3, 0.4) is 0 Å². The van der Waals surface area contributed by atoms with Crippen LogP contribution in [-0.4, -0.2) is 47.2 Å². The van der Waals surface area contributed by atoms with Gasteiger partial charge in [-0.3, -0.25) is 4.79 Å². The predicted molar refractivity (Wildman–Crippen MR) is 76.6 cm³/mol. The normalized spacial score (nSPS) is 16.9. The Morgan fingerprint density at radius 3 is 2.20 bits per heavy atom. The molecule has 112 valence electrons. The van der Waals surface area contributed by atoms with Gasteiger partial charge in [-0.05, 0) is 0 Å². The quantitative estimate of drug-likeness (QED) is 0.828. The molecule has 2 heterocycles. The van der Waals surface area contributed by atoms with Crippen LogP contribution in [0.1, 0.15) is 46.4 Å². The highest BCUT2D eigenvalue weighted by Crippen LogP contribution is 2.22. The molecule has 20 heavy (non-hydrogen) atoms. The third kappa shape index (κ3) is 3.11. The van der Waals surface area contributed by atoms with Crippen molar-refractivity contribution in [2.24, 2.45) is 5.41 Å². The van der Waals surface area contributed by atoms with Gasteiger partial charge < -0.3 is 14.2 Å². The summed E-state index contributed by atoms with van der Waals surface area (Å²) in [5, 5.41) is 8.13. The van der Waals surface area contributed by atoms with E-state index in [2.05, 4.69) is 10.2 Å². The smallest absolute Gasteiger partial charge is 0.318 e. The molecule has 0 saturated carbocycles. The number of carbonyl (C=O) groups excluding carboxylic acids is 1. The van der Waals surface area contributed by atoms with Crippen molar-refractivity contribution in [2.45, 2.75) is 40.5 Å². The molecule has 1 aliphatic heterocycles. The lowest BCUT2D eigenvalue weighted by atomic mass is 9.94. The monoisotopic (exact) mass is 280 g/mol. The van der Waals surface area contributed by atoms with Crippen LogP contribution in [0.25, 0.3) is 0 Å². The second-order valence-corrected chi connectivity index (χ2v) is 6.61. The fourth-order valence-electron chi connectivity index (χ4n) is 2.16. The Balaban J connectivity index is 1.95. The summed E-state index contributed by atoms with van der Waals surface area (Å²) in [5.41, 5.74) is -0.322. The largest absolute Gasteiger partial charge is 0.408 e. The van der Waals surface area contributed by atoms with Crippen molar-refractivity contribution in [3.63, 3.8) is 0 Å². The molecule has 1 aliphatic rings. The second kappa shape index (κ2) is 5.42. The maximum atomic E-state index is 12.2. The zero-order valence-electron chi connectivity index (χ0n) is 13.0. The molecule has 1 aromatic heterocycles. The maximum absolute atomic E-state index is 12.2. The lowest BCUT2D eigenvalue weighted by Crippen LogP contribution is -2.51. The van der Waals surface area contributed by atoms with E-state index in [0.29, 0.717) is 25.0 Å². The van der Waals surface area contributed by atoms with Crippen molar-refractivity contribution in [1.82, 2.24) is 15.1 Å². The van der Waals surface area contributed by atoms with Crippen molar-refractivity contribution in [2.75, 3.05) is 31.1 Å². The van der Waals surface area contributed by atoms with E-state index in [4.69, 9.17) is 4.42 Å². The average Bonchev–Trinajstić information content (AvgIpc) is 2.86. The van der Waals surface area contributed by atoms with Crippen molar-refractivity contribution in [1.29, 1.82) is 0 Å². The molecule has 0 radical (unpaired) electrons. The summed E-state index contributed by atoms with van der Waals surface area (Å²) in [6.45, 7) is 12.8. The van der Waals surface area contributed by atoms with Crippen molar-refractivity contribution < 1.29 is 9.21 Å². The number of aromatic nitrogens is 2. The first-order chi connectivity index (χ1) is 9.29. The van der Waals surface area contributed by atoms with E-state index in [-0.39, 0.29) is 17.2 Å². The van der Waals surface area contributed by atoms with Crippen molar-refractivity contribution in [3.8, 4) is 0 Å². The number of anilines is 1. The van der Waals surface area contributed by atoms with E-state index < -0.39 is 0 Å². The highest BCUT2D eigenvalue weighted by atomic mass is 16.4. The Morgan fingerprint density at radius 1 is 1.15 bits per heavy atom. The van der Waals surface area contributed by atoms with Crippen LogP contribution < -0.4 is 4.90 Å². The van der Waals surface area contributed by atoms with E-state index in [1.54, 1.807) is 0 Å². The van der Waals surface area contributed by atoms with Crippen LogP contribution in [0.5, 0.6) is 0 Å². The molecule has 1 aromatic rings. The molecule has 1 saturated heterocycles. The van der Waals surface area contributed by atoms with Gasteiger partial charge in [0, 0.05) is 37.5 Å². The molecule has 0 aliphatic carbocycles. The van der Waals surface area contributed by atoms with Gasteiger partial charge >= 0.3 is 6.01 Å². The predicted octanol–water partition coefficient (Wildman–Crippen LogP) is 1.89. The average molecular weight is 280 g/mol. The van der Waals surface area contributed by atoms with Gasteiger partial charge in [0.1, 0.15) is 0 Å². The summed E-state index contributed by atoms with van der Waals surface area (Å²) in [4.78, 5) is 16.2. The summed E-state index contributed by atoms with van der Waals surface area (Å²) in [5.74, 6) is 1.10. The molecule has 0 aromatic carbocycles. The van der Waals surface area contributed by atoms with Gasteiger partial charge in [-0.15, -0.1) is 5.10 Å². The highest BCUT2D eigenvalue weighted by molar-refractivity contribution is 5.81. The summed E-state index contributed by atoms with van der Waals surface area (Å²) in [6, 6.07) is 0.566. The van der Waals surface area contributed by atoms with Crippen LogP contribution in [0.15, 0.2) is 4.42 Å². The number of hydrogen-bond acceptors (Lipinski definition) is 5. The first kappa shape index (κ1) is 14.8.